The second-order valence-corrected chi connectivity index (χ2v) is 7.76. The Balaban J connectivity index is 1.42. The number of amides is 1. The van der Waals surface area contributed by atoms with Crippen LogP contribution in [0.15, 0.2) is 66.7 Å². The van der Waals surface area contributed by atoms with E-state index in [2.05, 4.69) is 28.5 Å². The van der Waals surface area contributed by atoms with E-state index in [0.717, 1.165) is 26.7 Å². The molecule has 2 aromatic carbocycles. The van der Waals surface area contributed by atoms with Gasteiger partial charge in [0.2, 0.25) is 0 Å². The van der Waals surface area contributed by atoms with Crippen LogP contribution in [0.4, 0.5) is 0 Å². The van der Waals surface area contributed by atoms with Crippen LogP contribution in [0.3, 0.4) is 0 Å². The normalized spacial score (nSPS) is 10.9. The molecule has 1 amide bonds. The molecule has 3 nitrogen and oxygen atoms in total. The maximum Gasteiger partial charge on any atom is 0.261 e. The highest BCUT2D eigenvalue weighted by Crippen LogP contribution is 2.34. The van der Waals surface area contributed by atoms with Gasteiger partial charge in [-0.2, -0.15) is 0 Å². The first-order valence-electron chi connectivity index (χ1n) is 8.07. The first-order valence-corrected chi connectivity index (χ1v) is 9.71. The Morgan fingerprint density at radius 3 is 2.56 bits per heavy atom. The van der Waals surface area contributed by atoms with E-state index in [1.807, 2.05) is 48.5 Å². The number of para-hydroxylation sites is 1. The Labute approximate surface area is 154 Å². The van der Waals surface area contributed by atoms with Gasteiger partial charge < -0.3 is 5.32 Å². The maximum absolute atomic E-state index is 12.3. The third-order valence-corrected chi connectivity index (χ3v) is 6.17. The highest BCUT2D eigenvalue weighted by Gasteiger charge is 2.12. The van der Waals surface area contributed by atoms with Crippen LogP contribution in [0.1, 0.15) is 15.2 Å². The predicted molar refractivity (Wildman–Crippen MR) is 105 cm³/mol. The van der Waals surface area contributed by atoms with Crippen LogP contribution in [-0.4, -0.2) is 17.4 Å². The summed E-state index contributed by atoms with van der Waals surface area (Å²) in [5.74, 6) is -0.0201. The lowest BCUT2D eigenvalue weighted by Crippen LogP contribution is -2.24. The Morgan fingerprint density at radius 2 is 1.72 bits per heavy atom. The molecule has 2 heterocycles. The van der Waals surface area contributed by atoms with E-state index in [1.54, 1.807) is 11.3 Å². The van der Waals surface area contributed by atoms with Gasteiger partial charge in [0.15, 0.2) is 0 Å². The number of carbonyl (C=O) groups excluding carboxylic acids is 1. The summed E-state index contributed by atoms with van der Waals surface area (Å²) in [4.78, 5) is 18.7. The number of hydrogen-bond donors (Lipinski definition) is 1. The van der Waals surface area contributed by atoms with Crippen molar-refractivity contribution >= 4 is 38.8 Å². The van der Waals surface area contributed by atoms with Gasteiger partial charge in [0.05, 0.1) is 20.0 Å². The molecule has 0 radical (unpaired) electrons. The number of carbonyl (C=O) groups is 1. The lowest BCUT2D eigenvalue weighted by atomic mass is 10.1. The zero-order valence-electron chi connectivity index (χ0n) is 13.4. The van der Waals surface area contributed by atoms with E-state index in [9.17, 15) is 4.79 Å². The summed E-state index contributed by atoms with van der Waals surface area (Å²) in [5, 5.41) is 3.96. The Morgan fingerprint density at radius 1 is 0.920 bits per heavy atom. The first-order chi connectivity index (χ1) is 12.3. The zero-order valence-corrected chi connectivity index (χ0v) is 15.1. The molecule has 1 N–H and O–H groups in total. The molecule has 0 bridgehead atoms. The van der Waals surface area contributed by atoms with E-state index < -0.39 is 0 Å². The standard InChI is InChI=1S/C20H16N2OS2/c23-19(21-13-12-14-6-2-1-3-7-14)17-10-11-18(24-17)20-22-15-8-4-5-9-16(15)25-20/h1-11H,12-13H2,(H,21,23). The number of nitrogens with one attached hydrogen (secondary N) is 1. The second-order valence-electron chi connectivity index (χ2n) is 5.64. The van der Waals surface area contributed by atoms with Crippen molar-refractivity contribution in [1.29, 1.82) is 0 Å². The number of nitrogens with zero attached hydrogens (tertiary/aromatic N) is 1. The molecule has 124 valence electrons. The van der Waals surface area contributed by atoms with Gasteiger partial charge >= 0.3 is 0 Å². The molecular weight excluding hydrogens is 348 g/mol. The molecule has 0 atom stereocenters. The van der Waals surface area contributed by atoms with Gasteiger partial charge in [-0.15, -0.1) is 22.7 Å². The number of aromatic nitrogens is 1. The fourth-order valence-corrected chi connectivity index (χ4v) is 4.55. The third kappa shape index (κ3) is 3.62. The highest BCUT2D eigenvalue weighted by atomic mass is 32.1. The van der Waals surface area contributed by atoms with Crippen LogP contribution in [0.5, 0.6) is 0 Å². The van der Waals surface area contributed by atoms with Gasteiger partial charge in [0.1, 0.15) is 5.01 Å². The van der Waals surface area contributed by atoms with Gasteiger partial charge in [0, 0.05) is 6.54 Å². The summed E-state index contributed by atoms with van der Waals surface area (Å²) in [5.41, 5.74) is 2.23. The third-order valence-electron chi connectivity index (χ3n) is 3.88. The monoisotopic (exact) mass is 364 g/mol. The van der Waals surface area contributed by atoms with E-state index >= 15 is 0 Å². The van der Waals surface area contributed by atoms with Crippen molar-refractivity contribution in [2.45, 2.75) is 6.42 Å². The molecule has 5 heteroatoms. The minimum atomic E-state index is -0.0201. The molecule has 0 aliphatic rings. The van der Waals surface area contributed by atoms with E-state index in [-0.39, 0.29) is 5.91 Å². The SMILES string of the molecule is O=C(NCCc1ccccc1)c1ccc(-c2nc3ccccc3s2)s1. The molecule has 25 heavy (non-hydrogen) atoms. The molecule has 0 aliphatic carbocycles. The minimum Gasteiger partial charge on any atom is -0.351 e. The van der Waals surface area contributed by atoms with Crippen molar-refractivity contribution in [3.8, 4) is 9.88 Å². The fraction of sp³-hybridized carbons (Fsp3) is 0.100. The smallest absolute Gasteiger partial charge is 0.261 e. The van der Waals surface area contributed by atoms with Crippen molar-refractivity contribution in [2.24, 2.45) is 0 Å². The molecule has 0 saturated heterocycles. The van der Waals surface area contributed by atoms with Crippen molar-refractivity contribution in [3.05, 3.63) is 77.2 Å². The second kappa shape index (κ2) is 7.17. The Hall–Kier alpha value is -2.50. The molecule has 0 unspecified atom stereocenters. The highest BCUT2D eigenvalue weighted by molar-refractivity contribution is 7.26. The van der Waals surface area contributed by atoms with E-state index in [4.69, 9.17) is 0 Å². The van der Waals surface area contributed by atoms with Crippen LogP contribution in [0.2, 0.25) is 0 Å². The zero-order chi connectivity index (χ0) is 17.1. The number of hydrogen-bond acceptors (Lipinski definition) is 4. The number of fused-ring (bicyclic) bond motifs is 1. The Bertz CT molecular complexity index is 972. The molecule has 4 rings (SSSR count). The average Bonchev–Trinajstić information content (AvgIpc) is 3.29. The van der Waals surface area contributed by atoms with Crippen LogP contribution >= 0.6 is 22.7 Å². The summed E-state index contributed by atoms with van der Waals surface area (Å²) in [6.45, 7) is 0.636. The number of benzene rings is 2. The van der Waals surface area contributed by atoms with E-state index in [1.165, 1.54) is 21.6 Å². The van der Waals surface area contributed by atoms with Crippen molar-refractivity contribution < 1.29 is 4.79 Å². The summed E-state index contributed by atoms with van der Waals surface area (Å²) in [6, 6.07) is 22.1. The minimum absolute atomic E-state index is 0.0201. The van der Waals surface area contributed by atoms with Gasteiger partial charge in [-0.1, -0.05) is 42.5 Å². The van der Waals surface area contributed by atoms with E-state index in [0.29, 0.717) is 6.54 Å². The summed E-state index contributed by atoms with van der Waals surface area (Å²) >= 11 is 3.15. The topological polar surface area (TPSA) is 42.0 Å². The largest absolute Gasteiger partial charge is 0.351 e. The first kappa shape index (κ1) is 16.0. The quantitative estimate of drug-likeness (QED) is 0.542. The van der Waals surface area contributed by atoms with Gasteiger partial charge in [-0.3, -0.25) is 4.79 Å². The summed E-state index contributed by atoms with van der Waals surface area (Å²) in [7, 11) is 0. The molecule has 0 saturated carbocycles. The molecule has 0 fully saturated rings. The Kier molecular flexibility index (Phi) is 4.59. The summed E-state index contributed by atoms with van der Waals surface area (Å²) in [6.07, 6.45) is 0.836. The number of thiophene rings is 1. The van der Waals surface area contributed by atoms with Crippen LogP contribution in [0.25, 0.3) is 20.1 Å². The molecule has 0 spiro atoms. The average molecular weight is 364 g/mol. The van der Waals surface area contributed by atoms with Crippen LogP contribution in [-0.2, 0) is 6.42 Å². The van der Waals surface area contributed by atoms with Crippen molar-refractivity contribution in [1.82, 2.24) is 10.3 Å². The van der Waals surface area contributed by atoms with Gasteiger partial charge in [0.25, 0.3) is 5.91 Å². The fourth-order valence-electron chi connectivity index (χ4n) is 2.60. The molecule has 2 aromatic heterocycles. The summed E-state index contributed by atoms with van der Waals surface area (Å²) < 4.78 is 1.17. The number of thiazole rings is 1. The van der Waals surface area contributed by atoms with Gasteiger partial charge in [-0.25, -0.2) is 4.98 Å². The van der Waals surface area contributed by atoms with Gasteiger partial charge in [-0.05, 0) is 36.2 Å². The lowest BCUT2D eigenvalue weighted by molar-refractivity contribution is 0.0958. The van der Waals surface area contributed by atoms with Crippen LogP contribution in [0, 0.1) is 0 Å². The lowest BCUT2D eigenvalue weighted by Gasteiger charge is -2.03. The van der Waals surface area contributed by atoms with Crippen molar-refractivity contribution in [3.63, 3.8) is 0 Å². The van der Waals surface area contributed by atoms with Crippen LogP contribution < -0.4 is 5.32 Å². The maximum atomic E-state index is 12.3. The molecule has 4 aromatic rings. The van der Waals surface area contributed by atoms with Crippen molar-refractivity contribution in [2.75, 3.05) is 6.54 Å². The number of rotatable bonds is 5. The predicted octanol–water partition coefficient (Wildman–Crippen LogP) is 5.00. The molecular formula is C20H16N2OS2. The molecule has 0 aliphatic heterocycles.